The Labute approximate surface area is 301 Å². The number of aliphatic imine (C=N–C) groups is 1. The molecule has 2 N–H and O–H groups in total. The van der Waals surface area contributed by atoms with Crippen LogP contribution < -0.4 is 10.6 Å². The second kappa shape index (κ2) is 11.4. The van der Waals surface area contributed by atoms with Crippen LogP contribution in [0.4, 0.5) is 0 Å². The maximum absolute atomic E-state index is 5.21. The molecule has 242 valence electrons. The van der Waals surface area contributed by atoms with Crippen molar-refractivity contribution in [3.63, 3.8) is 0 Å². The fraction of sp³-hybridized carbons (Fsp3) is 0.0444. The van der Waals surface area contributed by atoms with E-state index >= 15 is 0 Å². The zero-order valence-corrected chi connectivity index (χ0v) is 29.0. The molecule has 0 amide bonds. The average Bonchev–Trinajstić information content (AvgIpc) is 3.87. The number of rotatable bonds is 4. The Morgan fingerprint density at radius 3 is 1.94 bits per heavy atom. The van der Waals surface area contributed by atoms with Crippen molar-refractivity contribution in [3.8, 4) is 11.1 Å². The van der Waals surface area contributed by atoms with Crippen LogP contribution in [-0.2, 0) is 0 Å². The molecule has 1 aliphatic heterocycles. The first-order valence-corrected chi connectivity index (χ1v) is 18.9. The molecule has 0 radical (unpaired) electrons. The minimum atomic E-state index is -0.258. The van der Waals surface area contributed by atoms with Gasteiger partial charge in [0.2, 0.25) is 0 Å². The largest absolute Gasteiger partial charge is 0.337 e. The van der Waals surface area contributed by atoms with Crippen molar-refractivity contribution in [1.29, 1.82) is 0 Å². The summed E-state index contributed by atoms with van der Waals surface area (Å²) in [5.41, 5.74) is 7.06. The highest BCUT2D eigenvalue weighted by atomic mass is 32.1. The molecule has 7 aromatic carbocycles. The van der Waals surface area contributed by atoms with E-state index in [-0.39, 0.29) is 12.5 Å². The molecular formula is C45H30N4S2. The van der Waals surface area contributed by atoms with Crippen LogP contribution in [0.15, 0.2) is 163 Å². The lowest BCUT2D eigenvalue weighted by atomic mass is 10.00. The smallest absolute Gasteiger partial charge is 0.162 e. The molecule has 3 aromatic heterocycles. The maximum Gasteiger partial charge on any atom is 0.162 e. The second-order valence-corrected chi connectivity index (χ2v) is 15.3. The van der Waals surface area contributed by atoms with Crippen molar-refractivity contribution >= 4 is 90.7 Å². The van der Waals surface area contributed by atoms with Gasteiger partial charge in [-0.3, -0.25) is 5.32 Å². The monoisotopic (exact) mass is 690 g/mol. The fourth-order valence-corrected chi connectivity index (χ4v) is 10.5. The van der Waals surface area contributed by atoms with Gasteiger partial charge in [0.25, 0.3) is 0 Å². The number of aromatic nitrogens is 1. The van der Waals surface area contributed by atoms with Gasteiger partial charge >= 0.3 is 0 Å². The van der Waals surface area contributed by atoms with Gasteiger partial charge in [-0.1, -0.05) is 127 Å². The van der Waals surface area contributed by atoms with Gasteiger partial charge in [0.15, 0.2) is 6.29 Å². The summed E-state index contributed by atoms with van der Waals surface area (Å²) in [6.07, 6.45) is -0.482. The van der Waals surface area contributed by atoms with E-state index in [9.17, 15) is 0 Å². The van der Waals surface area contributed by atoms with Gasteiger partial charge in [0.05, 0.1) is 11.0 Å². The van der Waals surface area contributed by atoms with Crippen LogP contribution in [0.5, 0.6) is 0 Å². The van der Waals surface area contributed by atoms with Gasteiger partial charge in [0, 0.05) is 56.7 Å². The number of hydrogen-bond acceptors (Lipinski definition) is 5. The number of nitrogens with one attached hydrogen (secondary N) is 2. The second-order valence-electron chi connectivity index (χ2n) is 13.2. The molecule has 4 heterocycles. The Hall–Kier alpha value is -5.79. The van der Waals surface area contributed by atoms with Crippen molar-refractivity contribution in [1.82, 2.24) is 15.2 Å². The van der Waals surface area contributed by atoms with Crippen molar-refractivity contribution in [2.24, 2.45) is 4.99 Å². The van der Waals surface area contributed by atoms with Crippen molar-refractivity contribution < 1.29 is 0 Å². The van der Waals surface area contributed by atoms with Gasteiger partial charge in [-0.2, -0.15) is 0 Å². The van der Waals surface area contributed by atoms with Crippen LogP contribution >= 0.6 is 22.7 Å². The average molecular weight is 691 g/mol. The molecule has 1 aliphatic rings. The van der Waals surface area contributed by atoms with Gasteiger partial charge in [-0.15, -0.1) is 22.7 Å². The van der Waals surface area contributed by atoms with E-state index in [1.807, 2.05) is 22.7 Å². The zero-order chi connectivity index (χ0) is 33.5. The summed E-state index contributed by atoms with van der Waals surface area (Å²) in [5.74, 6) is 0.874. The van der Waals surface area contributed by atoms with Crippen LogP contribution in [0.2, 0.25) is 0 Å². The lowest BCUT2D eigenvalue weighted by molar-refractivity contribution is 0.329. The lowest BCUT2D eigenvalue weighted by Gasteiger charge is -2.33. The van der Waals surface area contributed by atoms with E-state index < -0.39 is 0 Å². The number of thiophene rings is 2. The molecule has 11 rings (SSSR count). The molecule has 6 heteroatoms. The SMILES string of the molecule is c1ccc(C2=NC(c3ccccc3)NC(n3c4ccc(-c5cccc6c5sc5ccccc56)cc4c4c5sc6ccccc6c5ccc43)N2)cc1. The number of hydrogen-bond donors (Lipinski definition) is 2. The third-order valence-corrected chi connectivity index (χ3v) is 12.7. The summed E-state index contributed by atoms with van der Waals surface area (Å²) < 4.78 is 7.73. The molecule has 0 saturated heterocycles. The quantitative estimate of drug-likeness (QED) is 0.193. The number of nitrogens with zero attached hydrogens (tertiary/aromatic N) is 2. The van der Waals surface area contributed by atoms with E-state index in [1.54, 1.807) is 0 Å². The predicted octanol–water partition coefficient (Wildman–Crippen LogP) is 12.0. The normalized spacial score (nSPS) is 16.4. The minimum Gasteiger partial charge on any atom is -0.337 e. The van der Waals surface area contributed by atoms with Crippen LogP contribution in [0.3, 0.4) is 0 Å². The molecule has 4 nitrogen and oxygen atoms in total. The summed E-state index contributed by atoms with van der Waals surface area (Å²) >= 11 is 3.78. The standard InChI is InChI=1S/C45H30N4S2/c1-3-12-27(13-4-1)43-46-44(28-14-5-2-6-15-28)48-45(47-43)49-36-24-22-29(30-18-11-19-33-31-16-7-9-20-38(31)50-41(30)33)26-35(36)40-37(49)25-23-34-32-17-8-10-21-39(32)51-42(34)40/h1-26,43,45,47H,(H,46,48). The summed E-state index contributed by atoms with van der Waals surface area (Å²) in [4.78, 5) is 5.21. The highest BCUT2D eigenvalue weighted by Crippen LogP contribution is 2.46. The molecule has 0 aliphatic carbocycles. The molecule has 0 spiro atoms. The van der Waals surface area contributed by atoms with Gasteiger partial charge in [0.1, 0.15) is 12.0 Å². The molecule has 0 bridgehead atoms. The zero-order valence-electron chi connectivity index (χ0n) is 27.4. The lowest BCUT2D eigenvalue weighted by Crippen LogP contribution is -2.47. The molecular weight excluding hydrogens is 661 g/mol. The van der Waals surface area contributed by atoms with Gasteiger partial charge < -0.3 is 9.88 Å². The summed E-state index contributed by atoms with van der Waals surface area (Å²) in [6, 6.07) is 57.0. The van der Waals surface area contributed by atoms with Crippen LogP contribution in [0.25, 0.3) is 73.3 Å². The van der Waals surface area contributed by atoms with Gasteiger partial charge in [-0.05, 0) is 47.0 Å². The summed E-state index contributed by atoms with van der Waals surface area (Å²) in [7, 11) is 0. The Kier molecular flexibility index (Phi) is 6.46. The van der Waals surface area contributed by atoms with E-state index in [0.717, 1.165) is 17.0 Å². The van der Waals surface area contributed by atoms with Crippen LogP contribution in [0, 0.1) is 0 Å². The number of benzene rings is 7. The Balaban J connectivity index is 1.17. The Morgan fingerprint density at radius 1 is 0.510 bits per heavy atom. The summed E-state index contributed by atoms with van der Waals surface area (Å²) in [6.45, 7) is 0. The fourth-order valence-electron chi connectivity index (χ4n) is 7.96. The number of fused-ring (bicyclic) bond motifs is 10. The molecule has 2 unspecified atom stereocenters. The molecule has 0 fully saturated rings. The number of amidine groups is 1. The van der Waals surface area contributed by atoms with E-state index in [0.29, 0.717) is 0 Å². The van der Waals surface area contributed by atoms with Crippen molar-refractivity contribution in [3.05, 3.63) is 169 Å². The molecule has 0 saturated carbocycles. The molecule has 51 heavy (non-hydrogen) atoms. The first kappa shape index (κ1) is 29.0. The van der Waals surface area contributed by atoms with E-state index in [1.165, 1.54) is 73.3 Å². The third kappa shape index (κ3) is 4.51. The van der Waals surface area contributed by atoms with Crippen LogP contribution in [-0.4, -0.2) is 10.4 Å². The first-order chi connectivity index (χ1) is 25.3. The van der Waals surface area contributed by atoms with Crippen molar-refractivity contribution in [2.45, 2.75) is 12.5 Å². The Morgan fingerprint density at radius 2 is 1.16 bits per heavy atom. The summed E-state index contributed by atoms with van der Waals surface area (Å²) in [5, 5.41) is 15.5. The predicted molar refractivity (Wildman–Crippen MR) is 218 cm³/mol. The highest BCUT2D eigenvalue weighted by molar-refractivity contribution is 7.27. The topological polar surface area (TPSA) is 41.4 Å². The van der Waals surface area contributed by atoms with Crippen molar-refractivity contribution in [2.75, 3.05) is 0 Å². The molecule has 2 atom stereocenters. The maximum atomic E-state index is 5.21. The highest BCUT2D eigenvalue weighted by Gasteiger charge is 2.29. The van der Waals surface area contributed by atoms with Crippen LogP contribution in [0.1, 0.15) is 23.6 Å². The van der Waals surface area contributed by atoms with Gasteiger partial charge in [-0.25, -0.2) is 4.99 Å². The Bertz CT molecular complexity index is 2990. The minimum absolute atomic E-state index is 0.224. The third-order valence-electron chi connectivity index (χ3n) is 10.3. The van der Waals surface area contributed by atoms with E-state index in [2.05, 4.69) is 173 Å². The van der Waals surface area contributed by atoms with E-state index in [4.69, 9.17) is 4.99 Å². The first-order valence-electron chi connectivity index (χ1n) is 17.3. The molecule has 10 aromatic rings.